The summed E-state index contributed by atoms with van der Waals surface area (Å²) in [6.45, 7) is 3.96. The molecule has 27 heavy (non-hydrogen) atoms. The predicted molar refractivity (Wildman–Crippen MR) is 102 cm³/mol. The Balaban J connectivity index is 1.69. The smallest absolute Gasteiger partial charge is 0.274 e. The molecule has 2 N–H and O–H groups in total. The fourth-order valence-corrected chi connectivity index (χ4v) is 3.57. The van der Waals surface area contributed by atoms with Gasteiger partial charge in [0.1, 0.15) is 0 Å². The molecule has 0 saturated heterocycles. The first-order valence-electron chi connectivity index (χ1n) is 8.64. The molecule has 3 heterocycles. The van der Waals surface area contributed by atoms with Crippen molar-refractivity contribution in [3.8, 4) is 0 Å². The molecule has 2 aromatic heterocycles. The van der Waals surface area contributed by atoms with Crippen LogP contribution in [-0.4, -0.2) is 33.1 Å². The SMILES string of the molecule is CC(=O)N1CCc2cc(NC(=O)c3cc(C)nc4c3c(=O)[nH]n4C)ccc21. The highest BCUT2D eigenvalue weighted by Gasteiger charge is 2.23. The number of nitrogens with zero attached hydrogens (tertiary/aromatic N) is 3. The van der Waals surface area contributed by atoms with Crippen LogP contribution < -0.4 is 15.8 Å². The van der Waals surface area contributed by atoms with E-state index in [4.69, 9.17) is 0 Å². The summed E-state index contributed by atoms with van der Waals surface area (Å²) in [6.07, 6.45) is 0.746. The predicted octanol–water partition coefficient (Wildman–Crippen LogP) is 1.73. The highest BCUT2D eigenvalue weighted by molar-refractivity contribution is 6.12. The van der Waals surface area contributed by atoms with E-state index in [0.29, 0.717) is 23.6 Å². The zero-order chi connectivity index (χ0) is 19.3. The van der Waals surface area contributed by atoms with Gasteiger partial charge in [-0.2, -0.15) is 0 Å². The van der Waals surface area contributed by atoms with Crippen LogP contribution in [0, 0.1) is 6.92 Å². The average Bonchev–Trinajstić information content (AvgIpc) is 3.15. The van der Waals surface area contributed by atoms with E-state index in [1.807, 2.05) is 12.1 Å². The molecule has 4 rings (SSSR count). The van der Waals surface area contributed by atoms with Crippen molar-refractivity contribution in [3.05, 3.63) is 51.4 Å². The third kappa shape index (κ3) is 2.79. The second-order valence-electron chi connectivity index (χ2n) is 6.73. The van der Waals surface area contributed by atoms with E-state index in [1.54, 1.807) is 37.9 Å². The third-order valence-electron chi connectivity index (χ3n) is 4.80. The summed E-state index contributed by atoms with van der Waals surface area (Å²) in [5.74, 6) is -0.368. The quantitative estimate of drug-likeness (QED) is 0.722. The minimum Gasteiger partial charge on any atom is -0.322 e. The molecule has 8 heteroatoms. The van der Waals surface area contributed by atoms with Crippen molar-refractivity contribution < 1.29 is 9.59 Å². The van der Waals surface area contributed by atoms with Gasteiger partial charge in [0, 0.05) is 37.6 Å². The van der Waals surface area contributed by atoms with Gasteiger partial charge in [-0.3, -0.25) is 24.2 Å². The van der Waals surface area contributed by atoms with E-state index in [0.717, 1.165) is 17.7 Å². The van der Waals surface area contributed by atoms with Gasteiger partial charge in [-0.25, -0.2) is 4.98 Å². The molecular weight excluding hydrogens is 346 g/mol. The highest BCUT2D eigenvalue weighted by Crippen LogP contribution is 2.30. The molecule has 2 amide bonds. The molecule has 0 bridgehead atoms. The molecular formula is C19H19N5O3. The van der Waals surface area contributed by atoms with Crippen molar-refractivity contribution in [1.29, 1.82) is 0 Å². The Morgan fingerprint density at radius 2 is 2.04 bits per heavy atom. The fourth-order valence-electron chi connectivity index (χ4n) is 3.57. The molecule has 0 atom stereocenters. The minimum absolute atomic E-state index is 0.00323. The first-order valence-corrected chi connectivity index (χ1v) is 8.64. The van der Waals surface area contributed by atoms with Crippen molar-refractivity contribution >= 4 is 34.2 Å². The molecule has 1 aliphatic heterocycles. The van der Waals surface area contributed by atoms with E-state index < -0.39 is 0 Å². The molecule has 138 valence electrons. The number of aromatic amines is 1. The number of carbonyl (C=O) groups is 2. The number of anilines is 2. The largest absolute Gasteiger partial charge is 0.322 e. The maximum absolute atomic E-state index is 12.8. The molecule has 0 fully saturated rings. The third-order valence-corrected chi connectivity index (χ3v) is 4.80. The van der Waals surface area contributed by atoms with Crippen LogP contribution in [0.5, 0.6) is 0 Å². The van der Waals surface area contributed by atoms with Gasteiger partial charge in [0.15, 0.2) is 5.65 Å². The first kappa shape index (κ1) is 17.0. The minimum atomic E-state index is -0.372. The lowest BCUT2D eigenvalue weighted by Gasteiger charge is -2.15. The summed E-state index contributed by atoms with van der Waals surface area (Å²) in [5, 5.41) is 5.76. The normalized spacial score (nSPS) is 13.1. The summed E-state index contributed by atoms with van der Waals surface area (Å²) >= 11 is 0. The molecule has 1 aromatic carbocycles. The number of pyridine rings is 1. The van der Waals surface area contributed by atoms with Gasteiger partial charge >= 0.3 is 0 Å². The molecule has 0 unspecified atom stereocenters. The maximum atomic E-state index is 12.8. The van der Waals surface area contributed by atoms with Gasteiger partial charge < -0.3 is 10.2 Å². The average molecular weight is 365 g/mol. The number of benzene rings is 1. The molecule has 0 spiro atoms. The summed E-state index contributed by atoms with van der Waals surface area (Å²) in [4.78, 5) is 42.8. The number of aromatic nitrogens is 3. The number of hydrogen-bond donors (Lipinski definition) is 2. The zero-order valence-corrected chi connectivity index (χ0v) is 15.3. The Hall–Kier alpha value is -3.42. The molecule has 0 aliphatic carbocycles. The summed E-state index contributed by atoms with van der Waals surface area (Å²) in [7, 11) is 1.68. The Morgan fingerprint density at radius 1 is 1.26 bits per heavy atom. The molecule has 0 saturated carbocycles. The van der Waals surface area contributed by atoms with Crippen molar-refractivity contribution in [3.63, 3.8) is 0 Å². The van der Waals surface area contributed by atoms with Crippen LogP contribution in [0.25, 0.3) is 11.0 Å². The van der Waals surface area contributed by atoms with Crippen LogP contribution in [0.15, 0.2) is 29.1 Å². The van der Waals surface area contributed by atoms with Gasteiger partial charge in [0.2, 0.25) is 5.91 Å². The maximum Gasteiger partial charge on any atom is 0.274 e. The lowest BCUT2D eigenvalue weighted by Crippen LogP contribution is -2.25. The van der Waals surface area contributed by atoms with Gasteiger partial charge in [0.05, 0.1) is 10.9 Å². The molecule has 8 nitrogen and oxygen atoms in total. The second kappa shape index (κ2) is 6.08. The van der Waals surface area contributed by atoms with Crippen molar-refractivity contribution in [2.45, 2.75) is 20.3 Å². The van der Waals surface area contributed by atoms with E-state index in [2.05, 4.69) is 15.4 Å². The van der Waals surface area contributed by atoms with E-state index >= 15 is 0 Å². The van der Waals surface area contributed by atoms with Crippen molar-refractivity contribution in [2.24, 2.45) is 7.05 Å². The van der Waals surface area contributed by atoms with E-state index in [1.165, 1.54) is 4.68 Å². The lowest BCUT2D eigenvalue weighted by molar-refractivity contribution is -0.116. The van der Waals surface area contributed by atoms with Crippen LogP contribution in [0.3, 0.4) is 0 Å². The summed E-state index contributed by atoms with van der Waals surface area (Å²) < 4.78 is 1.51. The van der Waals surface area contributed by atoms with Crippen LogP contribution in [-0.2, 0) is 18.3 Å². The Labute approximate surface area is 154 Å². The van der Waals surface area contributed by atoms with Gasteiger partial charge in [-0.15, -0.1) is 0 Å². The van der Waals surface area contributed by atoms with Crippen LogP contribution >= 0.6 is 0 Å². The number of aryl methyl sites for hydroxylation is 2. The standard InChI is InChI=1S/C19H19N5O3/c1-10-8-14(16-17(20-10)23(3)22-19(16)27)18(26)21-13-4-5-15-12(9-13)6-7-24(15)11(2)25/h4-5,8-9H,6-7H2,1-3H3,(H,21,26)(H,22,27). The summed E-state index contributed by atoms with van der Waals surface area (Å²) in [5.41, 5.74) is 3.53. The highest BCUT2D eigenvalue weighted by atomic mass is 16.2. The molecule has 3 aromatic rings. The molecule has 1 aliphatic rings. The van der Waals surface area contributed by atoms with Gasteiger partial charge in [0.25, 0.3) is 11.5 Å². The van der Waals surface area contributed by atoms with Crippen molar-refractivity contribution in [1.82, 2.24) is 14.8 Å². The Bertz CT molecular complexity index is 1160. The fraction of sp³-hybridized carbons (Fsp3) is 0.263. The topological polar surface area (TPSA) is 100 Å². The number of nitrogens with one attached hydrogen (secondary N) is 2. The number of hydrogen-bond acceptors (Lipinski definition) is 4. The van der Waals surface area contributed by atoms with Crippen LogP contribution in [0.2, 0.25) is 0 Å². The number of rotatable bonds is 2. The molecule has 0 radical (unpaired) electrons. The van der Waals surface area contributed by atoms with Gasteiger partial charge in [-0.1, -0.05) is 0 Å². The second-order valence-corrected chi connectivity index (χ2v) is 6.73. The Morgan fingerprint density at radius 3 is 2.78 bits per heavy atom. The monoisotopic (exact) mass is 365 g/mol. The first-order chi connectivity index (χ1) is 12.8. The number of carbonyl (C=O) groups excluding carboxylic acids is 2. The van der Waals surface area contributed by atoms with Crippen LogP contribution in [0.4, 0.5) is 11.4 Å². The number of H-pyrrole nitrogens is 1. The van der Waals surface area contributed by atoms with E-state index in [9.17, 15) is 14.4 Å². The van der Waals surface area contributed by atoms with E-state index in [-0.39, 0.29) is 28.3 Å². The zero-order valence-electron chi connectivity index (χ0n) is 15.3. The van der Waals surface area contributed by atoms with Crippen LogP contribution in [0.1, 0.15) is 28.5 Å². The van der Waals surface area contributed by atoms with Gasteiger partial charge in [-0.05, 0) is 43.2 Å². The number of amides is 2. The Kier molecular flexibility index (Phi) is 3.83. The van der Waals surface area contributed by atoms with Crippen molar-refractivity contribution in [2.75, 3.05) is 16.8 Å². The summed E-state index contributed by atoms with van der Waals surface area (Å²) in [6, 6.07) is 7.08. The lowest BCUT2D eigenvalue weighted by atomic mass is 10.1. The number of fused-ring (bicyclic) bond motifs is 2.